The van der Waals surface area contributed by atoms with Crippen molar-refractivity contribution in [2.24, 2.45) is 5.92 Å². The van der Waals surface area contributed by atoms with Gasteiger partial charge in [-0.2, -0.15) is 0 Å². The highest BCUT2D eigenvalue weighted by atomic mass is 35.5. The van der Waals surface area contributed by atoms with Gasteiger partial charge in [0.1, 0.15) is 0 Å². The molecule has 0 saturated heterocycles. The maximum atomic E-state index is 13.8. The van der Waals surface area contributed by atoms with E-state index in [0.717, 1.165) is 18.8 Å². The van der Waals surface area contributed by atoms with Crippen molar-refractivity contribution >= 4 is 17.4 Å². The van der Waals surface area contributed by atoms with E-state index >= 15 is 0 Å². The molecule has 0 N–H and O–H groups in total. The van der Waals surface area contributed by atoms with E-state index in [-0.39, 0.29) is 5.82 Å². The van der Waals surface area contributed by atoms with E-state index < -0.39 is 0 Å². The number of aromatic nitrogens is 1. The number of anilines is 1. The number of rotatable bonds is 3. The van der Waals surface area contributed by atoms with Crippen molar-refractivity contribution in [3.8, 4) is 0 Å². The summed E-state index contributed by atoms with van der Waals surface area (Å²) < 4.78 is 13.8. The summed E-state index contributed by atoms with van der Waals surface area (Å²) in [6, 6.07) is 1.73. The second-order valence-corrected chi connectivity index (χ2v) is 5.59. The Bertz CT molecular complexity index is 403. The standard InChI is InChI=1S/C14H20ClFN2/c1-3-10-4-6-12(7-5-10)18(2)14-13(16)8-11(15)9-17-14/h8-10,12H,3-7H2,1-2H3. The van der Waals surface area contributed by atoms with Crippen molar-refractivity contribution in [2.75, 3.05) is 11.9 Å². The monoisotopic (exact) mass is 270 g/mol. The molecule has 100 valence electrons. The molecule has 1 saturated carbocycles. The highest BCUT2D eigenvalue weighted by Gasteiger charge is 2.25. The van der Waals surface area contributed by atoms with Crippen LogP contribution in [0.1, 0.15) is 39.0 Å². The van der Waals surface area contributed by atoms with Crippen LogP contribution in [0.15, 0.2) is 12.3 Å². The number of hydrogen-bond donors (Lipinski definition) is 0. The fourth-order valence-electron chi connectivity index (χ4n) is 2.78. The van der Waals surface area contributed by atoms with E-state index in [1.807, 2.05) is 11.9 Å². The van der Waals surface area contributed by atoms with Crippen molar-refractivity contribution in [2.45, 2.75) is 45.1 Å². The first-order valence-corrected chi connectivity index (χ1v) is 7.03. The smallest absolute Gasteiger partial charge is 0.167 e. The molecule has 0 atom stereocenters. The first-order chi connectivity index (χ1) is 8.61. The minimum absolute atomic E-state index is 0.331. The molecule has 2 rings (SSSR count). The molecule has 0 unspecified atom stereocenters. The molecule has 18 heavy (non-hydrogen) atoms. The Morgan fingerprint density at radius 2 is 2.06 bits per heavy atom. The third kappa shape index (κ3) is 2.94. The summed E-state index contributed by atoms with van der Waals surface area (Å²) in [6.45, 7) is 2.25. The Morgan fingerprint density at radius 1 is 1.39 bits per heavy atom. The molecular weight excluding hydrogens is 251 g/mol. The second kappa shape index (κ2) is 5.87. The molecule has 1 heterocycles. The number of halogens is 2. The summed E-state index contributed by atoms with van der Waals surface area (Å²) in [4.78, 5) is 6.08. The summed E-state index contributed by atoms with van der Waals surface area (Å²) >= 11 is 5.72. The number of nitrogens with zero attached hydrogens (tertiary/aromatic N) is 2. The summed E-state index contributed by atoms with van der Waals surface area (Å²) in [5.41, 5.74) is 0. The molecule has 1 fully saturated rings. The fraction of sp³-hybridized carbons (Fsp3) is 0.643. The molecule has 0 aromatic carbocycles. The van der Waals surface area contributed by atoms with E-state index in [9.17, 15) is 4.39 Å². The van der Waals surface area contributed by atoms with Gasteiger partial charge in [-0.15, -0.1) is 0 Å². The molecule has 0 aliphatic heterocycles. The van der Waals surface area contributed by atoms with Crippen LogP contribution in [0.3, 0.4) is 0 Å². The molecular formula is C14H20ClFN2. The lowest BCUT2D eigenvalue weighted by Crippen LogP contribution is -2.36. The minimum atomic E-state index is -0.331. The summed E-state index contributed by atoms with van der Waals surface area (Å²) in [7, 11) is 1.93. The largest absolute Gasteiger partial charge is 0.354 e. The molecule has 1 aliphatic rings. The van der Waals surface area contributed by atoms with Crippen LogP contribution in [-0.4, -0.2) is 18.1 Å². The minimum Gasteiger partial charge on any atom is -0.354 e. The highest BCUT2D eigenvalue weighted by molar-refractivity contribution is 6.30. The van der Waals surface area contributed by atoms with Gasteiger partial charge in [0.05, 0.1) is 5.02 Å². The van der Waals surface area contributed by atoms with Crippen LogP contribution in [0.25, 0.3) is 0 Å². The molecule has 1 aromatic heterocycles. The Hall–Kier alpha value is -0.830. The zero-order chi connectivity index (χ0) is 13.1. The normalized spacial score (nSPS) is 24.0. The highest BCUT2D eigenvalue weighted by Crippen LogP contribution is 2.31. The predicted octanol–water partition coefficient (Wildman–Crippen LogP) is 4.28. The summed E-state index contributed by atoms with van der Waals surface area (Å²) in [5, 5.41) is 0.347. The quantitative estimate of drug-likeness (QED) is 0.815. The van der Waals surface area contributed by atoms with Gasteiger partial charge in [0.15, 0.2) is 11.6 Å². The molecule has 1 aromatic rings. The van der Waals surface area contributed by atoms with Crippen molar-refractivity contribution in [3.63, 3.8) is 0 Å². The van der Waals surface area contributed by atoms with Gasteiger partial charge in [0, 0.05) is 19.3 Å². The average molecular weight is 271 g/mol. The number of hydrogen-bond acceptors (Lipinski definition) is 2. The SMILES string of the molecule is CCC1CCC(N(C)c2ncc(Cl)cc2F)CC1. The lowest BCUT2D eigenvalue weighted by Gasteiger charge is -2.35. The van der Waals surface area contributed by atoms with Crippen LogP contribution in [0.5, 0.6) is 0 Å². The van der Waals surface area contributed by atoms with Gasteiger partial charge in [-0.1, -0.05) is 24.9 Å². The molecule has 1 aliphatic carbocycles. The van der Waals surface area contributed by atoms with Crippen LogP contribution in [0, 0.1) is 11.7 Å². The van der Waals surface area contributed by atoms with E-state index in [1.54, 1.807) is 0 Å². The van der Waals surface area contributed by atoms with E-state index in [1.165, 1.54) is 31.5 Å². The molecule has 0 spiro atoms. The van der Waals surface area contributed by atoms with Crippen molar-refractivity contribution in [1.29, 1.82) is 0 Å². The molecule has 0 amide bonds. The molecule has 0 bridgehead atoms. The predicted molar refractivity (Wildman–Crippen MR) is 73.6 cm³/mol. The third-order valence-electron chi connectivity index (χ3n) is 4.06. The van der Waals surface area contributed by atoms with Crippen LogP contribution >= 0.6 is 11.6 Å². The van der Waals surface area contributed by atoms with Crippen molar-refractivity contribution in [3.05, 3.63) is 23.1 Å². The van der Waals surface area contributed by atoms with Crippen LogP contribution < -0.4 is 4.90 Å². The van der Waals surface area contributed by atoms with Gasteiger partial charge in [0.25, 0.3) is 0 Å². The second-order valence-electron chi connectivity index (χ2n) is 5.15. The lowest BCUT2D eigenvalue weighted by molar-refractivity contribution is 0.312. The van der Waals surface area contributed by atoms with Gasteiger partial charge in [-0.05, 0) is 37.7 Å². The lowest BCUT2D eigenvalue weighted by atomic mass is 9.84. The van der Waals surface area contributed by atoms with E-state index in [0.29, 0.717) is 16.9 Å². The van der Waals surface area contributed by atoms with Crippen LogP contribution in [0.4, 0.5) is 10.2 Å². The van der Waals surface area contributed by atoms with Crippen molar-refractivity contribution < 1.29 is 4.39 Å². The Balaban J connectivity index is 2.05. The van der Waals surface area contributed by atoms with Crippen LogP contribution in [0.2, 0.25) is 5.02 Å². The Labute approximate surface area is 113 Å². The van der Waals surface area contributed by atoms with Gasteiger partial charge in [-0.3, -0.25) is 0 Å². The van der Waals surface area contributed by atoms with E-state index in [4.69, 9.17) is 11.6 Å². The third-order valence-corrected chi connectivity index (χ3v) is 4.27. The van der Waals surface area contributed by atoms with Gasteiger partial charge < -0.3 is 4.90 Å². The molecule has 4 heteroatoms. The van der Waals surface area contributed by atoms with E-state index in [2.05, 4.69) is 11.9 Å². The average Bonchev–Trinajstić information content (AvgIpc) is 2.38. The fourth-order valence-corrected chi connectivity index (χ4v) is 2.92. The first-order valence-electron chi connectivity index (χ1n) is 6.65. The topological polar surface area (TPSA) is 16.1 Å². The summed E-state index contributed by atoms with van der Waals surface area (Å²) in [6.07, 6.45) is 7.48. The Morgan fingerprint density at radius 3 is 2.61 bits per heavy atom. The zero-order valence-electron chi connectivity index (χ0n) is 11.0. The Kier molecular flexibility index (Phi) is 4.44. The van der Waals surface area contributed by atoms with Gasteiger partial charge in [0.2, 0.25) is 0 Å². The van der Waals surface area contributed by atoms with Crippen molar-refractivity contribution in [1.82, 2.24) is 4.98 Å². The maximum absolute atomic E-state index is 13.8. The summed E-state index contributed by atoms with van der Waals surface area (Å²) in [5.74, 6) is 0.930. The van der Waals surface area contributed by atoms with Gasteiger partial charge in [-0.25, -0.2) is 9.37 Å². The first kappa shape index (κ1) is 13.6. The van der Waals surface area contributed by atoms with Crippen LogP contribution in [-0.2, 0) is 0 Å². The number of pyridine rings is 1. The molecule has 0 radical (unpaired) electrons. The van der Waals surface area contributed by atoms with Gasteiger partial charge >= 0.3 is 0 Å². The zero-order valence-corrected chi connectivity index (χ0v) is 11.8. The molecule has 2 nitrogen and oxygen atoms in total. The maximum Gasteiger partial charge on any atom is 0.167 e.